The van der Waals surface area contributed by atoms with E-state index < -0.39 is 10.0 Å². The number of nitrogens with two attached hydrogens (primary N) is 2. The molecule has 1 aliphatic heterocycles. The Bertz CT molecular complexity index is 1550. The first-order valence-corrected chi connectivity index (χ1v) is 15.9. The third-order valence-corrected chi connectivity index (χ3v) is 10.2. The molecule has 0 bridgehead atoms. The molecule has 1 fully saturated rings. The molecule has 0 unspecified atom stereocenters. The van der Waals surface area contributed by atoms with Gasteiger partial charge in [0, 0.05) is 47.2 Å². The van der Waals surface area contributed by atoms with Crippen LogP contribution in [0.15, 0.2) is 41.7 Å². The van der Waals surface area contributed by atoms with E-state index in [1.165, 1.54) is 5.56 Å². The number of hydrogen-bond acceptors (Lipinski definition) is 9. The molecule has 0 amide bonds. The second-order valence-corrected chi connectivity index (χ2v) is 14.1. The van der Waals surface area contributed by atoms with Crippen LogP contribution in [0.4, 0.5) is 11.6 Å². The van der Waals surface area contributed by atoms with Crippen molar-refractivity contribution < 1.29 is 13.2 Å². The summed E-state index contributed by atoms with van der Waals surface area (Å²) < 4.78 is 35.6. The van der Waals surface area contributed by atoms with Crippen LogP contribution < -0.4 is 25.8 Å². The van der Waals surface area contributed by atoms with Crippen molar-refractivity contribution in [1.29, 1.82) is 0 Å². The third kappa shape index (κ3) is 5.89. The maximum atomic E-state index is 13.3. The van der Waals surface area contributed by atoms with Gasteiger partial charge >= 0.3 is 0 Å². The number of aromatic nitrogens is 3. The van der Waals surface area contributed by atoms with Crippen molar-refractivity contribution in [3.63, 3.8) is 0 Å². The van der Waals surface area contributed by atoms with Crippen LogP contribution in [-0.2, 0) is 29.4 Å². The number of anilines is 2. The number of hydrogen-bond donors (Lipinski definition) is 3. The molecule has 0 radical (unpaired) electrons. The van der Waals surface area contributed by atoms with E-state index in [0.717, 1.165) is 60.5 Å². The Morgan fingerprint density at radius 3 is 2.68 bits per heavy atom. The zero-order valence-corrected chi connectivity index (χ0v) is 24.6. The highest BCUT2D eigenvalue weighted by molar-refractivity contribution is 7.89. The number of fused-ring (bicyclic) bond motifs is 2. The van der Waals surface area contributed by atoms with Gasteiger partial charge in [-0.25, -0.2) is 28.1 Å². The van der Waals surface area contributed by atoms with Crippen LogP contribution in [0.3, 0.4) is 0 Å². The SMILES string of the molecule is CC1(C)CCc2ncnc(N3CCOc4ccc(-c5cnc(N)c(S(=O)(=O)N[C@H]6CC[C@H](N)CC6)c5)cc4C3)c2C1. The second-order valence-electron chi connectivity index (χ2n) is 12.4. The quantitative estimate of drug-likeness (QED) is 0.413. The van der Waals surface area contributed by atoms with Crippen molar-refractivity contribution in [3.05, 3.63) is 53.6 Å². The van der Waals surface area contributed by atoms with E-state index in [1.54, 1.807) is 18.6 Å². The molecule has 0 saturated heterocycles. The summed E-state index contributed by atoms with van der Waals surface area (Å²) in [4.78, 5) is 15.9. The smallest absolute Gasteiger partial charge is 0.244 e. The minimum Gasteiger partial charge on any atom is -0.491 e. The summed E-state index contributed by atoms with van der Waals surface area (Å²) >= 11 is 0. The van der Waals surface area contributed by atoms with E-state index in [0.29, 0.717) is 38.1 Å². The molecular formula is C30H39N7O3S. The van der Waals surface area contributed by atoms with Crippen molar-refractivity contribution in [2.75, 3.05) is 23.8 Å². The molecule has 2 aromatic heterocycles. The molecule has 3 aromatic rings. The summed E-state index contributed by atoms with van der Waals surface area (Å²) in [6, 6.07) is 7.51. The molecule has 5 N–H and O–H groups in total. The predicted octanol–water partition coefficient (Wildman–Crippen LogP) is 3.58. The molecule has 3 aliphatic rings. The first-order valence-electron chi connectivity index (χ1n) is 14.5. The number of nitrogen functional groups attached to an aromatic ring is 1. The van der Waals surface area contributed by atoms with Crippen LogP contribution in [0.2, 0.25) is 0 Å². The number of aryl methyl sites for hydroxylation is 1. The molecule has 0 atom stereocenters. The van der Waals surface area contributed by atoms with Gasteiger partial charge in [0.15, 0.2) is 0 Å². The van der Waals surface area contributed by atoms with Crippen LogP contribution in [0, 0.1) is 5.41 Å². The monoisotopic (exact) mass is 577 g/mol. The predicted molar refractivity (Wildman–Crippen MR) is 159 cm³/mol. The van der Waals surface area contributed by atoms with Gasteiger partial charge in [-0.15, -0.1) is 0 Å². The molecule has 41 heavy (non-hydrogen) atoms. The molecule has 6 rings (SSSR count). The fourth-order valence-corrected chi connectivity index (χ4v) is 7.65. The Balaban J connectivity index is 1.28. The Kier molecular flexibility index (Phi) is 7.37. The third-order valence-electron chi connectivity index (χ3n) is 8.64. The van der Waals surface area contributed by atoms with E-state index in [2.05, 4.69) is 33.4 Å². The number of benzene rings is 1. The summed E-state index contributed by atoms with van der Waals surface area (Å²) in [7, 11) is -3.85. The van der Waals surface area contributed by atoms with Gasteiger partial charge in [0.25, 0.3) is 0 Å². The fraction of sp³-hybridized carbons (Fsp3) is 0.500. The lowest BCUT2D eigenvalue weighted by atomic mass is 9.76. The Morgan fingerprint density at radius 1 is 1.07 bits per heavy atom. The van der Waals surface area contributed by atoms with Crippen molar-refractivity contribution in [3.8, 4) is 16.9 Å². The number of ether oxygens (including phenoxy) is 1. The van der Waals surface area contributed by atoms with E-state index >= 15 is 0 Å². The lowest BCUT2D eigenvalue weighted by Crippen LogP contribution is -2.40. The Labute approximate surface area is 242 Å². The minimum atomic E-state index is -3.85. The van der Waals surface area contributed by atoms with Gasteiger partial charge < -0.3 is 21.1 Å². The zero-order chi connectivity index (χ0) is 28.8. The highest BCUT2D eigenvalue weighted by Gasteiger charge is 2.31. The normalized spacial score (nSPS) is 22.3. The molecule has 11 heteroatoms. The minimum absolute atomic E-state index is 0.00656. The summed E-state index contributed by atoms with van der Waals surface area (Å²) in [5, 5.41) is 0. The maximum absolute atomic E-state index is 13.3. The maximum Gasteiger partial charge on any atom is 0.244 e. The van der Waals surface area contributed by atoms with Crippen molar-refractivity contribution in [1.82, 2.24) is 19.7 Å². The number of nitrogens with zero attached hydrogens (tertiary/aromatic N) is 4. The summed E-state index contributed by atoms with van der Waals surface area (Å²) in [6.45, 7) is 6.46. The van der Waals surface area contributed by atoms with E-state index in [-0.39, 0.29) is 28.2 Å². The fourth-order valence-electron chi connectivity index (χ4n) is 6.23. The van der Waals surface area contributed by atoms with Crippen LogP contribution >= 0.6 is 0 Å². The summed E-state index contributed by atoms with van der Waals surface area (Å²) in [5.41, 5.74) is 17.2. The lowest BCUT2D eigenvalue weighted by molar-refractivity contribution is 0.310. The average Bonchev–Trinajstić information content (AvgIpc) is 3.15. The van der Waals surface area contributed by atoms with Crippen LogP contribution in [-0.4, -0.2) is 48.6 Å². The molecule has 10 nitrogen and oxygen atoms in total. The Hall–Kier alpha value is -3.28. The molecule has 0 spiro atoms. The van der Waals surface area contributed by atoms with Gasteiger partial charge in [-0.3, -0.25) is 0 Å². The van der Waals surface area contributed by atoms with Gasteiger partial charge in [-0.2, -0.15) is 0 Å². The first-order chi connectivity index (χ1) is 19.6. The van der Waals surface area contributed by atoms with Gasteiger partial charge in [0.05, 0.1) is 6.54 Å². The molecule has 1 aromatic carbocycles. The number of rotatable bonds is 5. The lowest BCUT2D eigenvalue weighted by Gasteiger charge is -2.33. The molecule has 2 aliphatic carbocycles. The molecule has 218 valence electrons. The van der Waals surface area contributed by atoms with Gasteiger partial charge in [0.2, 0.25) is 10.0 Å². The molecule has 1 saturated carbocycles. The number of pyridine rings is 1. The van der Waals surface area contributed by atoms with Crippen LogP contribution in [0.25, 0.3) is 11.1 Å². The van der Waals surface area contributed by atoms with Crippen LogP contribution in [0.5, 0.6) is 5.75 Å². The second kappa shape index (κ2) is 10.8. The summed E-state index contributed by atoms with van der Waals surface area (Å²) in [5.74, 6) is 1.77. The number of sulfonamides is 1. The van der Waals surface area contributed by atoms with Crippen molar-refractivity contribution in [2.45, 2.75) is 82.3 Å². The van der Waals surface area contributed by atoms with E-state index in [9.17, 15) is 8.42 Å². The first kappa shape index (κ1) is 27.9. The molecular weight excluding hydrogens is 538 g/mol. The van der Waals surface area contributed by atoms with E-state index in [4.69, 9.17) is 21.2 Å². The average molecular weight is 578 g/mol. The van der Waals surface area contributed by atoms with Crippen molar-refractivity contribution in [2.24, 2.45) is 11.1 Å². The van der Waals surface area contributed by atoms with Gasteiger partial charge in [-0.05, 0) is 74.1 Å². The highest BCUT2D eigenvalue weighted by Crippen LogP contribution is 2.39. The standard InChI is InChI=1S/C30H39N7O3S/c1-30(2)10-9-25-24(15-30)29(35-18-34-25)37-11-12-40-26-8-3-19(13-21(26)17-37)20-14-27(28(32)33-16-20)41(38,39)36-23-6-4-22(31)5-7-23/h3,8,13-14,16,18,22-23,36H,4-7,9-12,15,17,31H2,1-2H3,(H2,32,33)/t22-,23-. The van der Waals surface area contributed by atoms with Crippen LogP contribution in [0.1, 0.15) is 62.8 Å². The molecule has 3 heterocycles. The van der Waals surface area contributed by atoms with Gasteiger partial charge in [-0.1, -0.05) is 19.9 Å². The highest BCUT2D eigenvalue weighted by atomic mass is 32.2. The Morgan fingerprint density at radius 2 is 1.88 bits per heavy atom. The zero-order valence-electron chi connectivity index (χ0n) is 23.8. The topological polar surface area (TPSA) is 149 Å². The largest absolute Gasteiger partial charge is 0.491 e. The van der Waals surface area contributed by atoms with E-state index in [1.807, 2.05) is 18.2 Å². The summed E-state index contributed by atoms with van der Waals surface area (Å²) in [6.07, 6.45) is 9.32. The van der Waals surface area contributed by atoms with Crippen molar-refractivity contribution >= 4 is 21.7 Å². The van der Waals surface area contributed by atoms with Gasteiger partial charge in [0.1, 0.15) is 35.2 Å². The number of nitrogens with one attached hydrogen (secondary N) is 1.